The molecule has 0 amide bonds. The number of phenols is 2. The first-order chi connectivity index (χ1) is 43.0. The van der Waals surface area contributed by atoms with Crippen molar-refractivity contribution in [1.82, 2.24) is 0 Å². The molecule has 0 atom stereocenters. The number of halogens is 2. The van der Waals surface area contributed by atoms with Gasteiger partial charge in [-0.1, -0.05) is 241 Å². The van der Waals surface area contributed by atoms with Gasteiger partial charge in [-0.15, -0.1) is 0 Å². The van der Waals surface area contributed by atoms with Crippen LogP contribution in [0.5, 0.6) is 23.0 Å². The van der Waals surface area contributed by atoms with E-state index >= 15 is 8.78 Å². The Morgan fingerprint density at radius 2 is 0.656 bits per heavy atom. The summed E-state index contributed by atoms with van der Waals surface area (Å²) >= 11 is 0. The monoisotopic (exact) mass is 1520 g/mol. The fourth-order valence-corrected chi connectivity index (χ4v) is 19.2. The number of hydrogen-bond acceptors (Lipinski definition) is 2. The second-order valence-corrected chi connectivity index (χ2v) is 55.1. The van der Waals surface area contributed by atoms with E-state index in [9.17, 15) is 10.2 Å². The number of fused-ring (bicyclic) bond motifs is 4. The van der Waals surface area contributed by atoms with Gasteiger partial charge in [-0.3, -0.25) is 0 Å². The molecular formula is C85H110F2HfO4Si4. The molecule has 0 aliphatic carbocycles. The van der Waals surface area contributed by atoms with Gasteiger partial charge in [0.1, 0.15) is 29.6 Å². The van der Waals surface area contributed by atoms with Crippen LogP contribution in [-0.2, 0) is 36.7 Å². The fourth-order valence-electron chi connectivity index (χ4n) is 14.6. The van der Waals surface area contributed by atoms with Gasteiger partial charge in [0.15, 0.2) is 13.2 Å². The van der Waals surface area contributed by atoms with Crippen molar-refractivity contribution in [3.8, 4) is 67.5 Å². The maximum atomic E-state index is 16.1. The number of hydrogen-bond donors (Lipinski definition) is 2. The summed E-state index contributed by atoms with van der Waals surface area (Å²) < 4.78 is 42.6. The van der Waals surface area contributed by atoms with Crippen molar-refractivity contribution in [2.24, 2.45) is 10.8 Å². The van der Waals surface area contributed by atoms with Gasteiger partial charge in [0.25, 0.3) is 11.5 Å². The Labute approximate surface area is 598 Å². The summed E-state index contributed by atoms with van der Waals surface area (Å²) in [6.07, 6.45) is 2.24. The first-order valence-corrected chi connectivity index (χ1v) is 47.7. The van der Waals surface area contributed by atoms with Crippen LogP contribution < -0.4 is 20.7 Å². The molecule has 4 nitrogen and oxygen atoms in total. The number of rotatable bonds is 18. The quantitative estimate of drug-likeness (QED) is 0.0296. The van der Waals surface area contributed by atoms with E-state index < -0.39 is 43.9 Å². The van der Waals surface area contributed by atoms with Crippen LogP contribution in [0.3, 0.4) is 0 Å². The summed E-state index contributed by atoms with van der Waals surface area (Å²) in [5.41, 5.74) is 6.85. The number of benzene rings is 10. The van der Waals surface area contributed by atoms with Gasteiger partial charge in [-0.2, -0.15) is 0 Å². The van der Waals surface area contributed by atoms with Crippen molar-refractivity contribution in [3.05, 3.63) is 183 Å². The molecule has 0 aliphatic rings. The summed E-state index contributed by atoms with van der Waals surface area (Å²) in [5, 5.41) is 40.7. The van der Waals surface area contributed by atoms with Crippen LogP contribution in [0.4, 0.5) is 8.78 Å². The Morgan fingerprint density at radius 1 is 0.344 bits per heavy atom. The number of ether oxygens (including phenoxy) is 2. The standard InChI is InChI=1S/C83H102F2O4Si4.2CH3.Hf/c1-80(2,3)50-82(7,8)56-42-70(78(86)72(44-56)76-64-32-30-60(90(11,12)13)40-54(64)38-52-24-28-62(48-66(52)76)92(17,18)19)68-46-58(84)26-34-74(68)88-36-23-37-89-75-35-27-59(85)47-69(75)71-43-57(83(9,10)51-81(4,5)6)45-73(79(71)87)77-65-33-31-61(91(14,15)16)41-55(65)39-53-25-29-63(49-67(53)77)93(20,21)22;;;/h24-35,38-49,86-87H,23,36-37,50-51H2,1-22H3;2*1H3;/q;2*-1;/p+2. The van der Waals surface area contributed by atoms with Gasteiger partial charge in [-0.05, 0) is 149 Å². The molecule has 0 unspecified atom stereocenters. The summed E-state index contributed by atoms with van der Waals surface area (Å²) in [6, 6.07) is 50.3. The molecule has 0 bridgehead atoms. The summed E-state index contributed by atoms with van der Waals surface area (Å²) in [5.74, 6) is 0.469. The van der Waals surface area contributed by atoms with E-state index in [0.717, 1.165) is 89.3 Å². The first-order valence-electron chi connectivity index (χ1n) is 33.7. The topological polar surface area (TPSA) is 66.1 Å². The largest absolute Gasteiger partial charge is 0.582 e. The average molecular weight is 1520 g/mol. The van der Waals surface area contributed by atoms with Crippen molar-refractivity contribution in [3.63, 3.8) is 0 Å². The van der Waals surface area contributed by atoms with Crippen LogP contribution in [0.1, 0.15) is 99.6 Å². The molecule has 508 valence electrons. The zero-order chi connectivity index (χ0) is 68.1. The van der Waals surface area contributed by atoms with E-state index in [4.69, 9.17) is 9.47 Å². The van der Waals surface area contributed by atoms with Gasteiger partial charge in [0, 0.05) is 71.4 Å². The Hall–Kier alpha value is -5.96. The number of aliphatic hydroxyl groups is 2. The third kappa shape index (κ3) is 16.7. The Morgan fingerprint density at radius 3 is 0.979 bits per heavy atom. The summed E-state index contributed by atoms with van der Waals surface area (Å²) in [4.78, 5) is 0. The third-order valence-corrected chi connectivity index (χ3v) is 27.2. The second-order valence-electron chi connectivity index (χ2n) is 34.8. The first kappa shape index (κ1) is 77.4. The molecule has 0 aromatic heterocycles. The minimum absolute atomic E-state index is 0. The minimum Gasteiger partial charge on any atom is -0.582 e. The molecular weight excluding hydrogens is 1410 g/mol. The minimum atomic E-state index is -1.79. The normalized spacial score (nSPS) is 12.8. The molecule has 0 saturated heterocycles. The predicted molar refractivity (Wildman–Crippen MR) is 425 cm³/mol. The molecule has 96 heavy (non-hydrogen) atoms. The van der Waals surface area contributed by atoms with Crippen molar-refractivity contribution >= 4 is 96.1 Å². The van der Waals surface area contributed by atoms with E-state index in [2.05, 4.69) is 257 Å². The van der Waals surface area contributed by atoms with Gasteiger partial charge in [-0.25, -0.2) is 8.78 Å². The van der Waals surface area contributed by atoms with Crippen LogP contribution in [0.25, 0.3) is 87.6 Å². The molecule has 10 aromatic carbocycles. The zero-order valence-electron chi connectivity index (χ0n) is 62.4. The third-order valence-electron chi connectivity index (χ3n) is 19.0. The van der Waals surface area contributed by atoms with Gasteiger partial charge < -0.3 is 34.5 Å². The molecule has 10 aromatic rings. The van der Waals surface area contributed by atoms with Gasteiger partial charge in [0.2, 0.25) is 0 Å². The Kier molecular flexibility index (Phi) is 22.6. The van der Waals surface area contributed by atoms with Crippen molar-refractivity contribution in [2.45, 2.75) is 178 Å². The predicted octanol–water partition coefficient (Wildman–Crippen LogP) is 22.7. The Balaban J connectivity index is 0.00000433. The fraction of sp³-hybridized carbons (Fsp3) is 0.365. The molecule has 0 heterocycles. The maximum absolute atomic E-state index is 16.1. The summed E-state index contributed by atoms with van der Waals surface area (Å²) in [6.45, 7) is 51.9. The van der Waals surface area contributed by atoms with Crippen LogP contribution in [-0.4, -0.2) is 65.2 Å². The van der Waals surface area contributed by atoms with E-state index in [1.807, 2.05) is 0 Å². The molecule has 0 fully saturated rings. The van der Waals surface area contributed by atoms with E-state index in [1.54, 1.807) is 12.1 Å². The van der Waals surface area contributed by atoms with Gasteiger partial charge >= 0.3 is 0 Å². The van der Waals surface area contributed by atoms with E-state index in [1.165, 1.54) is 45.0 Å². The summed E-state index contributed by atoms with van der Waals surface area (Å²) in [7, 11) is -7.00. The molecule has 0 spiro atoms. The zero-order valence-corrected chi connectivity index (χ0v) is 70.0. The van der Waals surface area contributed by atoms with Gasteiger partial charge in [0.05, 0.1) is 43.4 Å². The molecule has 4 N–H and O–H groups in total. The van der Waals surface area contributed by atoms with Crippen LogP contribution in [0, 0.1) is 37.3 Å². The SMILES string of the molecule is CC(C)(C)CC(C)(C)c1cc(-c2cc(F)ccc2[OH+]CCC[OH+]c2ccc(F)cc2-c2cc(C(C)(C)CC(C)(C)C)cc(-c3c4ccc([Si](C)(C)C)cc4cc4ccc([Si](C)(C)C)cc34)c2O)c(O)c(-c2c3ccc([Si](C)(C)C)cc3cc3ccc([Si](C)(C)C)cc23)c1.[CH3-].[CH3-].[Hf]. The Bertz CT molecular complexity index is 4260. The number of phenolic OH excluding ortho intramolecular Hbond substituents is 2. The average Bonchev–Trinajstić information content (AvgIpc) is 0.738. The maximum Gasteiger partial charge on any atom is 0.262 e. The van der Waals surface area contributed by atoms with Crippen LogP contribution >= 0.6 is 0 Å². The molecule has 0 saturated carbocycles. The second kappa shape index (κ2) is 28.0. The molecule has 0 radical (unpaired) electrons. The molecule has 0 aliphatic heterocycles. The molecule has 10 rings (SSSR count). The van der Waals surface area contributed by atoms with Crippen molar-refractivity contribution in [1.29, 1.82) is 0 Å². The van der Waals surface area contributed by atoms with Crippen LogP contribution in [0.2, 0.25) is 78.6 Å². The number of aromatic hydroxyl groups is 4. The smallest absolute Gasteiger partial charge is 0.262 e. The van der Waals surface area contributed by atoms with E-state index in [-0.39, 0.29) is 73.9 Å². The van der Waals surface area contributed by atoms with E-state index in [0.29, 0.717) is 53.4 Å². The van der Waals surface area contributed by atoms with Crippen molar-refractivity contribution in [2.75, 3.05) is 13.2 Å². The van der Waals surface area contributed by atoms with Crippen molar-refractivity contribution < 1.29 is 54.3 Å². The molecule has 11 heteroatoms. The van der Waals surface area contributed by atoms with Crippen LogP contribution in [0.15, 0.2) is 146 Å².